The van der Waals surface area contributed by atoms with Crippen LogP contribution in [0.1, 0.15) is 49.4 Å². The van der Waals surface area contributed by atoms with Crippen LogP contribution in [-0.4, -0.2) is 24.1 Å². The number of carbonyl (C=O) groups is 1. The standard InChI is InChI=1S/C19H24N2O2/c1-23-19(22)16-11-14-13-9-5-6-10-15(13)20-18(14)17(21-16)12-7-3-2-4-8-12/h5-6,9-10,12,16-17,20-21H,2-4,7-8,11H2,1H3. The summed E-state index contributed by atoms with van der Waals surface area (Å²) in [6, 6.07) is 8.40. The lowest BCUT2D eigenvalue weighted by Gasteiger charge is -2.36. The number of nitrogens with one attached hydrogen (secondary N) is 2. The molecule has 2 heterocycles. The Hall–Kier alpha value is -1.81. The number of esters is 1. The summed E-state index contributed by atoms with van der Waals surface area (Å²) in [4.78, 5) is 15.8. The van der Waals surface area contributed by atoms with E-state index in [1.807, 2.05) is 0 Å². The zero-order valence-corrected chi connectivity index (χ0v) is 13.6. The van der Waals surface area contributed by atoms with Gasteiger partial charge >= 0.3 is 5.97 Å². The summed E-state index contributed by atoms with van der Waals surface area (Å²) in [6.07, 6.45) is 7.10. The van der Waals surface area contributed by atoms with Crippen LogP contribution >= 0.6 is 0 Å². The topological polar surface area (TPSA) is 54.1 Å². The highest BCUT2D eigenvalue weighted by molar-refractivity contribution is 5.87. The van der Waals surface area contributed by atoms with E-state index < -0.39 is 0 Å². The molecule has 0 radical (unpaired) electrons. The van der Waals surface area contributed by atoms with Crippen molar-refractivity contribution in [2.24, 2.45) is 5.92 Å². The van der Waals surface area contributed by atoms with Crippen molar-refractivity contribution >= 4 is 16.9 Å². The number of hydrogen-bond donors (Lipinski definition) is 2. The monoisotopic (exact) mass is 312 g/mol. The van der Waals surface area contributed by atoms with Gasteiger partial charge in [0.1, 0.15) is 6.04 Å². The fraction of sp³-hybridized carbons (Fsp3) is 0.526. The zero-order chi connectivity index (χ0) is 15.8. The van der Waals surface area contributed by atoms with E-state index in [1.165, 1.54) is 61.4 Å². The number of carbonyl (C=O) groups excluding carboxylic acids is 1. The molecule has 23 heavy (non-hydrogen) atoms. The molecule has 2 aliphatic rings. The van der Waals surface area contributed by atoms with Gasteiger partial charge in [0.2, 0.25) is 0 Å². The summed E-state index contributed by atoms with van der Waals surface area (Å²) >= 11 is 0. The van der Waals surface area contributed by atoms with Gasteiger partial charge in [0, 0.05) is 23.0 Å². The third kappa shape index (κ3) is 2.55. The molecule has 1 aliphatic carbocycles. The van der Waals surface area contributed by atoms with E-state index in [4.69, 9.17) is 4.74 Å². The largest absolute Gasteiger partial charge is 0.468 e. The van der Waals surface area contributed by atoms with E-state index in [2.05, 4.69) is 34.6 Å². The highest BCUT2D eigenvalue weighted by Gasteiger charge is 2.37. The second kappa shape index (κ2) is 6.00. The first-order chi connectivity index (χ1) is 11.3. The fourth-order valence-corrected chi connectivity index (χ4v) is 4.40. The first kappa shape index (κ1) is 14.8. The van der Waals surface area contributed by atoms with Gasteiger partial charge in [-0.25, -0.2) is 0 Å². The van der Waals surface area contributed by atoms with E-state index in [9.17, 15) is 4.79 Å². The van der Waals surface area contributed by atoms with Crippen molar-refractivity contribution < 1.29 is 9.53 Å². The normalized spacial score (nSPS) is 25.3. The van der Waals surface area contributed by atoms with Crippen LogP contribution in [0.5, 0.6) is 0 Å². The number of fused-ring (bicyclic) bond motifs is 3. The van der Waals surface area contributed by atoms with Crippen molar-refractivity contribution in [3.05, 3.63) is 35.5 Å². The Balaban J connectivity index is 1.77. The van der Waals surface area contributed by atoms with Crippen LogP contribution in [0.2, 0.25) is 0 Å². The quantitative estimate of drug-likeness (QED) is 0.835. The molecule has 2 unspecified atom stereocenters. The van der Waals surface area contributed by atoms with Crippen LogP contribution in [-0.2, 0) is 16.0 Å². The Morgan fingerprint density at radius 3 is 2.74 bits per heavy atom. The number of methoxy groups -OCH3 is 1. The number of rotatable bonds is 2. The van der Waals surface area contributed by atoms with E-state index in [0.29, 0.717) is 12.3 Å². The van der Waals surface area contributed by atoms with Gasteiger partial charge in [-0.3, -0.25) is 10.1 Å². The fourth-order valence-electron chi connectivity index (χ4n) is 4.40. The molecular formula is C19H24N2O2. The van der Waals surface area contributed by atoms with Crippen molar-refractivity contribution in [1.82, 2.24) is 10.3 Å². The summed E-state index contributed by atoms with van der Waals surface area (Å²) < 4.78 is 5.02. The highest BCUT2D eigenvalue weighted by atomic mass is 16.5. The molecule has 4 heteroatoms. The van der Waals surface area contributed by atoms with Crippen LogP contribution < -0.4 is 5.32 Å². The number of para-hydroxylation sites is 1. The maximum Gasteiger partial charge on any atom is 0.323 e. The lowest BCUT2D eigenvalue weighted by atomic mass is 9.79. The Kier molecular flexibility index (Phi) is 3.85. The number of benzene rings is 1. The van der Waals surface area contributed by atoms with Crippen molar-refractivity contribution in [2.45, 2.75) is 50.6 Å². The first-order valence-electron chi connectivity index (χ1n) is 8.71. The van der Waals surface area contributed by atoms with Crippen LogP contribution in [0, 0.1) is 5.92 Å². The van der Waals surface area contributed by atoms with E-state index in [0.717, 1.165) is 0 Å². The van der Waals surface area contributed by atoms with Crippen molar-refractivity contribution in [3.8, 4) is 0 Å². The molecule has 2 atom stereocenters. The Bertz CT molecular complexity index is 715. The maximum absolute atomic E-state index is 12.2. The van der Waals surface area contributed by atoms with Gasteiger partial charge in [-0.1, -0.05) is 37.5 Å². The van der Waals surface area contributed by atoms with E-state index >= 15 is 0 Å². The third-order valence-corrected chi connectivity index (χ3v) is 5.55. The number of H-pyrrole nitrogens is 1. The van der Waals surface area contributed by atoms with Crippen molar-refractivity contribution in [2.75, 3.05) is 7.11 Å². The SMILES string of the molecule is COC(=O)C1Cc2c([nH]c3ccccc23)C(C2CCCCC2)N1. The second-order valence-electron chi connectivity index (χ2n) is 6.89. The molecule has 2 N–H and O–H groups in total. The summed E-state index contributed by atoms with van der Waals surface area (Å²) in [5.41, 5.74) is 3.76. The molecular weight excluding hydrogens is 288 g/mol. The molecule has 1 aromatic heterocycles. The lowest BCUT2D eigenvalue weighted by Crippen LogP contribution is -2.47. The Labute approximate surface area is 136 Å². The van der Waals surface area contributed by atoms with Crippen LogP contribution in [0.4, 0.5) is 0 Å². The highest BCUT2D eigenvalue weighted by Crippen LogP contribution is 2.40. The number of hydrogen-bond acceptors (Lipinski definition) is 3. The van der Waals surface area contributed by atoms with Gasteiger partial charge in [0.25, 0.3) is 0 Å². The third-order valence-electron chi connectivity index (χ3n) is 5.55. The van der Waals surface area contributed by atoms with Crippen LogP contribution in [0.15, 0.2) is 24.3 Å². The smallest absolute Gasteiger partial charge is 0.323 e. The average Bonchev–Trinajstić information content (AvgIpc) is 2.99. The minimum atomic E-state index is -0.237. The minimum Gasteiger partial charge on any atom is -0.468 e. The summed E-state index contributed by atoms with van der Waals surface area (Å²) in [5, 5.41) is 4.83. The molecule has 4 nitrogen and oxygen atoms in total. The molecule has 0 amide bonds. The van der Waals surface area contributed by atoms with Gasteiger partial charge in [0.05, 0.1) is 13.2 Å². The minimum absolute atomic E-state index is 0.151. The Morgan fingerprint density at radius 1 is 1.17 bits per heavy atom. The van der Waals surface area contributed by atoms with Crippen LogP contribution in [0.25, 0.3) is 10.9 Å². The number of ether oxygens (including phenoxy) is 1. The first-order valence-corrected chi connectivity index (χ1v) is 8.71. The van der Waals surface area contributed by atoms with E-state index in [-0.39, 0.29) is 18.1 Å². The number of aromatic nitrogens is 1. The number of aromatic amines is 1. The van der Waals surface area contributed by atoms with Gasteiger partial charge in [-0.2, -0.15) is 0 Å². The molecule has 1 aromatic carbocycles. The van der Waals surface area contributed by atoms with Gasteiger partial charge in [-0.15, -0.1) is 0 Å². The molecule has 1 saturated carbocycles. The average molecular weight is 312 g/mol. The molecule has 1 fully saturated rings. The lowest BCUT2D eigenvalue weighted by molar-refractivity contribution is -0.143. The summed E-state index contributed by atoms with van der Waals surface area (Å²) in [6.45, 7) is 0. The van der Waals surface area contributed by atoms with E-state index in [1.54, 1.807) is 0 Å². The summed E-state index contributed by atoms with van der Waals surface area (Å²) in [7, 11) is 1.48. The molecule has 1 aliphatic heterocycles. The molecule has 0 bridgehead atoms. The Morgan fingerprint density at radius 2 is 1.96 bits per heavy atom. The molecule has 2 aromatic rings. The van der Waals surface area contributed by atoms with Gasteiger partial charge in [0.15, 0.2) is 0 Å². The predicted molar refractivity (Wildman–Crippen MR) is 90.3 cm³/mol. The molecule has 4 rings (SSSR count). The molecule has 122 valence electrons. The van der Waals surface area contributed by atoms with Gasteiger partial charge in [-0.05, 0) is 30.4 Å². The van der Waals surface area contributed by atoms with Crippen molar-refractivity contribution in [1.29, 1.82) is 0 Å². The maximum atomic E-state index is 12.2. The molecule has 0 saturated heterocycles. The van der Waals surface area contributed by atoms with Gasteiger partial charge < -0.3 is 9.72 Å². The summed E-state index contributed by atoms with van der Waals surface area (Å²) in [5.74, 6) is 0.449. The zero-order valence-electron chi connectivity index (χ0n) is 13.6. The van der Waals surface area contributed by atoms with Crippen LogP contribution in [0.3, 0.4) is 0 Å². The molecule has 0 spiro atoms. The second-order valence-corrected chi connectivity index (χ2v) is 6.89. The van der Waals surface area contributed by atoms with Crippen molar-refractivity contribution in [3.63, 3.8) is 0 Å². The predicted octanol–water partition coefficient (Wildman–Crippen LogP) is 3.48.